The number of ether oxygens (including phenoxy) is 1. The summed E-state index contributed by atoms with van der Waals surface area (Å²) in [7, 11) is 0. The Morgan fingerprint density at radius 3 is 2.42 bits per heavy atom. The predicted octanol–water partition coefficient (Wildman–Crippen LogP) is 3.59. The van der Waals surface area contributed by atoms with Gasteiger partial charge in [-0.05, 0) is 43.3 Å². The molecule has 1 atom stereocenters. The average molecular weight is 360 g/mol. The maximum Gasteiger partial charge on any atom is 0.387 e. The van der Waals surface area contributed by atoms with Crippen molar-refractivity contribution < 1.29 is 23.1 Å². The molecule has 2 aromatic carbocycles. The number of anilines is 2. The van der Waals surface area contributed by atoms with Gasteiger partial charge in [0.1, 0.15) is 5.75 Å². The number of aryl methyl sites for hydroxylation is 1. The second-order valence-electron chi connectivity index (χ2n) is 6.13. The topological polar surface area (TPSA) is 58.6 Å². The third-order valence-electron chi connectivity index (χ3n) is 4.19. The van der Waals surface area contributed by atoms with Gasteiger partial charge in [-0.2, -0.15) is 8.78 Å². The van der Waals surface area contributed by atoms with Crippen LogP contribution in [0.2, 0.25) is 0 Å². The van der Waals surface area contributed by atoms with Gasteiger partial charge in [0.05, 0.1) is 5.92 Å². The van der Waals surface area contributed by atoms with Crippen molar-refractivity contribution in [2.24, 2.45) is 5.92 Å². The van der Waals surface area contributed by atoms with E-state index in [0.29, 0.717) is 12.2 Å². The minimum Gasteiger partial charge on any atom is -0.435 e. The standard InChI is InChI=1S/C19H18F2N2O3/c1-12-2-6-15(7-3-12)23-11-13(10-17(23)24)18(25)22-14-4-8-16(9-5-14)26-19(20)21/h2-9,13,19H,10-11H2,1H3,(H,22,25)/t13-/m0/s1. The molecule has 136 valence electrons. The molecule has 2 amide bonds. The number of carbonyl (C=O) groups excluding carboxylic acids is 2. The number of benzene rings is 2. The number of nitrogens with one attached hydrogen (secondary N) is 1. The molecular weight excluding hydrogens is 342 g/mol. The summed E-state index contributed by atoms with van der Waals surface area (Å²) in [5.74, 6) is -0.842. The summed E-state index contributed by atoms with van der Waals surface area (Å²) >= 11 is 0. The Morgan fingerprint density at radius 2 is 1.81 bits per heavy atom. The van der Waals surface area contributed by atoms with Gasteiger partial charge < -0.3 is 15.0 Å². The number of carbonyl (C=O) groups is 2. The Hall–Kier alpha value is -2.96. The molecule has 0 aromatic heterocycles. The fourth-order valence-electron chi connectivity index (χ4n) is 2.82. The van der Waals surface area contributed by atoms with Crippen molar-refractivity contribution in [3.8, 4) is 5.75 Å². The quantitative estimate of drug-likeness (QED) is 0.887. The van der Waals surface area contributed by atoms with Crippen LogP contribution in [-0.4, -0.2) is 25.0 Å². The summed E-state index contributed by atoms with van der Waals surface area (Å²) in [5.41, 5.74) is 2.32. The van der Waals surface area contributed by atoms with Gasteiger partial charge in [0.2, 0.25) is 11.8 Å². The molecule has 0 radical (unpaired) electrons. The molecule has 0 unspecified atom stereocenters. The van der Waals surface area contributed by atoms with Gasteiger partial charge in [0.25, 0.3) is 0 Å². The van der Waals surface area contributed by atoms with Gasteiger partial charge >= 0.3 is 6.61 Å². The highest BCUT2D eigenvalue weighted by Crippen LogP contribution is 2.26. The van der Waals surface area contributed by atoms with Crippen LogP contribution >= 0.6 is 0 Å². The van der Waals surface area contributed by atoms with Gasteiger partial charge in [0, 0.05) is 24.3 Å². The molecule has 1 aliphatic rings. The minimum absolute atomic E-state index is 0.0135. The van der Waals surface area contributed by atoms with Gasteiger partial charge in [-0.1, -0.05) is 17.7 Å². The molecule has 1 fully saturated rings. The molecule has 0 bridgehead atoms. The summed E-state index contributed by atoms with van der Waals surface area (Å²) in [6.07, 6.45) is 0.131. The number of rotatable bonds is 5. The van der Waals surface area contributed by atoms with E-state index in [2.05, 4.69) is 10.1 Å². The van der Waals surface area contributed by atoms with Gasteiger partial charge in [0.15, 0.2) is 0 Å². The maximum absolute atomic E-state index is 12.4. The summed E-state index contributed by atoms with van der Waals surface area (Å²) in [5, 5.41) is 2.71. The van der Waals surface area contributed by atoms with Crippen LogP contribution in [0.5, 0.6) is 5.75 Å². The fraction of sp³-hybridized carbons (Fsp3) is 0.263. The third kappa shape index (κ3) is 4.17. The highest BCUT2D eigenvalue weighted by Gasteiger charge is 2.35. The lowest BCUT2D eigenvalue weighted by Crippen LogP contribution is -2.28. The number of hydrogen-bond donors (Lipinski definition) is 1. The molecule has 2 aromatic rings. The van der Waals surface area contributed by atoms with Crippen LogP contribution in [0.15, 0.2) is 48.5 Å². The van der Waals surface area contributed by atoms with Crippen LogP contribution in [0.1, 0.15) is 12.0 Å². The molecule has 26 heavy (non-hydrogen) atoms. The van der Waals surface area contributed by atoms with E-state index in [0.717, 1.165) is 11.3 Å². The summed E-state index contributed by atoms with van der Waals surface area (Å²) in [6.45, 7) is -0.628. The molecule has 5 nitrogen and oxygen atoms in total. The number of nitrogens with zero attached hydrogens (tertiary/aromatic N) is 1. The smallest absolute Gasteiger partial charge is 0.387 e. The van der Waals surface area contributed by atoms with Crippen molar-refractivity contribution in [2.75, 3.05) is 16.8 Å². The van der Waals surface area contributed by atoms with Crippen molar-refractivity contribution in [1.82, 2.24) is 0 Å². The molecule has 1 N–H and O–H groups in total. The van der Waals surface area contributed by atoms with Crippen molar-refractivity contribution in [3.05, 3.63) is 54.1 Å². The minimum atomic E-state index is -2.90. The molecule has 3 rings (SSSR count). The largest absolute Gasteiger partial charge is 0.435 e. The van der Waals surface area contributed by atoms with Crippen molar-refractivity contribution >= 4 is 23.2 Å². The van der Waals surface area contributed by atoms with E-state index in [1.54, 1.807) is 4.90 Å². The average Bonchev–Trinajstić information content (AvgIpc) is 2.99. The fourth-order valence-corrected chi connectivity index (χ4v) is 2.82. The van der Waals surface area contributed by atoms with Crippen molar-refractivity contribution in [3.63, 3.8) is 0 Å². The normalized spacial score (nSPS) is 16.8. The Kier molecular flexibility index (Phi) is 5.16. The zero-order valence-electron chi connectivity index (χ0n) is 14.1. The SMILES string of the molecule is Cc1ccc(N2C[C@@H](C(=O)Nc3ccc(OC(F)F)cc3)CC2=O)cc1. The van der Waals surface area contributed by atoms with Crippen molar-refractivity contribution in [2.45, 2.75) is 20.0 Å². The van der Waals surface area contributed by atoms with Crippen LogP contribution in [0.3, 0.4) is 0 Å². The third-order valence-corrected chi connectivity index (χ3v) is 4.19. The van der Waals surface area contributed by atoms with Crippen LogP contribution in [0.4, 0.5) is 20.2 Å². The first-order valence-electron chi connectivity index (χ1n) is 8.15. The van der Waals surface area contributed by atoms with E-state index in [-0.39, 0.29) is 24.0 Å². The highest BCUT2D eigenvalue weighted by atomic mass is 19.3. The van der Waals surface area contributed by atoms with Crippen LogP contribution in [-0.2, 0) is 9.59 Å². The van der Waals surface area contributed by atoms with E-state index < -0.39 is 12.5 Å². The van der Waals surface area contributed by atoms with Gasteiger partial charge in [-0.25, -0.2) is 0 Å². The Labute approximate surface area is 149 Å². The Bertz CT molecular complexity index is 791. The Morgan fingerprint density at radius 1 is 1.15 bits per heavy atom. The van der Waals surface area contributed by atoms with Crippen LogP contribution in [0.25, 0.3) is 0 Å². The number of hydrogen-bond acceptors (Lipinski definition) is 3. The molecular formula is C19H18F2N2O3. The first kappa shape index (κ1) is 17.8. The highest BCUT2D eigenvalue weighted by molar-refractivity contribution is 6.03. The second kappa shape index (κ2) is 7.51. The first-order valence-corrected chi connectivity index (χ1v) is 8.15. The van der Waals surface area contributed by atoms with Crippen LogP contribution in [0, 0.1) is 12.8 Å². The molecule has 1 saturated heterocycles. The maximum atomic E-state index is 12.4. The lowest BCUT2D eigenvalue weighted by molar-refractivity contribution is -0.122. The van der Waals surface area contributed by atoms with E-state index in [1.165, 1.54) is 24.3 Å². The molecule has 1 aliphatic heterocycles. The Balaban J connectivity index is 1.62. The number of amides is 2. The van der Waals surface area contributed by atoms with Gasteiger partial charge in [-0.15, -0.1) is 0 Å². The zero-order chi connectivity index (χ0) is 18.7. The lowest BCUT2D eigenvalue weighted by Gasteiger charge is -2.17. The number of halogens is 2. The molecule has 0 spiro atoms. The van der Waals surface area contributed by atoms with Crippen molar-refractivity contribution in [1.29, 1.82) is 0 Å². The summed E-state index contributed by atoms with van der Waals surface area (Å²) in [4.78, 5) is 26.2. The predicted molar refractivity (Wildman–Crippen MR) is 93.3 cm³/mol. The molecule has 7 heteroatoms. The summed E-state index contributed by atoms with van der Waals surface area (Å²) < 4.78 is 28.5. The number of alkyl halides is 2. The van der Waals surface area contributed by atoms with E-state index in [4.69, 9.17) is 0 Å². The molecule has 1 heterocycles. The summed E-state index contributed by atoms with van der Waals surface area (Å²) in [6, 6.07) is 13.2. The lowest BCUT2D eigenvalue weighted by atomic mass is 10.1. The molecule has 0 saturated carbocycles. The zero-order valence-corrected chi connectivity index (χ0v) is 14.1. The second-order valence-corrected chi connectivity index (χ2v) is 6.13. The molecule has 0 aliphatic carbocycles. The van der Waals surface area contributed by atoms with Gasteiger partial charge in [-0.3, -0.25) is 9.59 Å². The van der Waals surface area contributed by atoms with E-state index in [9.17, 15) is 18.4 Å². The van der Waals surface area contributed by atoms with E-state index >= 15 is 0 Å². The first-order chi connectivity index (χ1) is 12.4. The van der Waals surface area contributed by atoms with E-state index in [1.807, 2.05) is 31.2 Å². The van der Waals surface area contributed by atoms with Crippen LogP contribution < -0.4 is 15.0 Å². The monoisotopic (exact) mass is 360 g/mol.